The maximum atomic E-state index is 13.6. The van der Waals surface area contributed by atoms with Gasteiger partial charge in [0.05, 0.1) is 10.4 Å². The van der Waals surface area contributed by atoms with E-state index in [0.29, 0.717) is 0 Å². The smallest absolute Gasteiger partial charge is 0.171 e. The summed E-state index contributed by atoms with van der Waals surface area (Å²) in [7, 11) is 0. The number of rotatable bonds is 0. The van der Waals surface area contributed by atoms with E-state index in [2.05, 4.69) is 60.7 Å². The number of benzene rings is 4. The maximum Gasteiger partial charge on any atom is 0.171 e. The monoisotopic (exact) mass is 454 g/mol. The van der Waals surface area contributed by atoms with Crippen molar-refractivity contribution in [2.45, 2.75) is 0 Å². The van der Waals surface area contributed by atoms with Gasteiger partial charge in [-0.25, -0.2) is 17.6 Å². The van der Waals surface area contributed by atoms with E-state index in [1.807, 2.05) is 0 Å². The number of halogens is 4. The second-order valence-corrected chi connectivity index (χ2v) is 6.75. The van der Waals surface area contributed by atoms with Crippen molar-refractivity contribution in [3.8, 4) is 24.3 Å². The van der Waals surface area contributed by atoms with Crippen LogP contribution in [0.2, 0.25) is 0 Å². The van der Waals surface area contributed by atoms with Crippen molar-refractivity contribution in [1.82, 2.24) is 0 Å². The molecule has 0 saturated heterocycles. The lowest BCUT2D eigenvalue weighted by Crippen LogP contribution is -2.31. The summed E-state index contributed by atoms with van der Waals surface area (Å²) in [6, 6.07) is 25.8. The Balaban J connectivity index is 0.000000201. The van der Waals surface area contributed by atoms with Crippen LogP contribution in [0.3, 0.4) is 0 Å². The van der Waals surface area contributed by atoms with Gasteiger partial charge in [-0.3, -0.25) is 0 Å². The zero-order valence-corrected chi connectivity index (χ0v) is 17.1. The SMILES string of the molecule is N#CC(C#N)=c1c(F)c(F)c(=C(C#N)C#N)c(F)c1F.c1ccc2cc3ccccc3cc2c1. The van der Waals surface area contributed by atoms with Crippen molar-refractivity contribution in [2.75, 3.05) is 0 Å². The largest absolute Gasteiger partial charge is 0.203 e. The van der Waals surface area contributed by atoms with Crippen LogP contribution in [-0.4, -0.2) is 0 Å². The molecule has 162 valence electrons. The minimum Gasteiger partial charge on any atom is -0.203 e. The van der Waals surface area contributed by atoms with E-state index in [4.69, 9.17) is 21.0 Å². The highest BCUT2D eigenvalue weighted by Gasteiger charge is 2.22. The summed E-state index contributed by atoms with van der Waals surface area (Å²) >= 11 is 0. The molecule has 34 heavy (non-hydrogen) atoms. The molecule has 0 fully saturated rings. The Morgan fingerprint density at radius 1 is 0.471 bits per heavy atom. The molecule has 0 N–H and O–H groups in total. The van der Waals surface area contributed by atoms with E-state index in [-0.39, 0.29) is 0 Å². The Morgan fingerprint density at radius 3 is 0.912 bits per heavy atom. The molecule has 8 heteroatoms. The van der Waals surface area contributed by atoms with Gasteiger partial charge in [0, 0.05) is 0 Å². The van der Waals surface area contributed by atoms with Crippen LogP contribution in [0, 0.1) is 68.6 Å². The van der Waals surface area contributed by atoms with Gasteiger partial charge >= 0.3 is 0 Å². The molecule has 4 rings (SSSR count). The first-order chi connectivity index (χ1) is 16.4. The Bertz CT molecular complexity index is 1500. The zero-order chi connectivity index (χ0) is 24.8. The highest BCUT2D eigenvalue weighted by Crippen LogP contribution is 2.22. The number of hydrogen-bond acceptors (Lipinski definition) is 4. The van der Waals surface area contributed by atoms with Crippen molar-refractivity contribution in [1.29, 1.82) is 21.0 Å². The molecule has 0 atom stereocenters. The molecular weight excluding hydrogens is 444 g/mol. The summed E-state index contributed by atoms with van der Waals surface area (Å²) in [5.41, 5.74) is -2.36. The fourth-order valence-corrected chi connectivity index (χ4v) is 3.23. The molecule has 0 saturated carbocycles. The molecule has 0 amide bonds. The Hall–Kier alpha value is -5.18. The van der Waals surface area contributed by atoms with Gasteiger partial charge in [-0.1, -0.05) is 48.5 Å². The van der Waals surface area contributed by atoms with E-state index in [9.17, 15) is 17.6 Å². The van der Waals surface area contributed by atoms with E-state index in [1.165, 1.54) is 21.5 Å². The van der Waals surface area contributed by atoms with Gasteiger partial charge in [0.15, 0.2) is 23.3 Å². The fraction of sp³-hybridized carbons (Fsp3) is 0. The van der Waals surface area contributed by atoms with Gasteiger partial charge in [-0.05, 0) is 33.7 Å². The van der Waals surface area contributed by atoms with Gasteiger partial charge in [0.1, 0.15) is 35.4 Å². The number of fused-ring (bicyclic) bond motifs is 2. The number of nitrogens with zero attached hydrogens (tertiary/aromatic N) is 4. The first-order valence-corrected chi connectivity index (χ1v) is 9.46. The molecule has 0 aromatic heterocycles. The lowest BCUT2D eigenvalue weighted by Gasteiger charge is -2.01. The third-order valence-electron chi connectivity index (χ3n) is 4.82. The summed E-state index contributed by atoms with van der Waals surface area (Å²) in [4.78, 5) is 0. The average molecular weight is 454 g/mol. The minimum atomic E-state index is -2.03. The molecule has 0 aliphatic heterocycles. The van der Waals surface area contributed by atoms with Crippen molar-refractivity contribution in [3.05, 3.63) is 94.4 Å². The predicted molar refractivity (Wildman–Crippen MR) is 116 cm³/mol. The van der Waals surface area contributed by atoms with E-state index < -0.39 is 44.9 Å². The lowest BCUT2D eigenvalue weighted by atomic mass is 10.0. The zero-order valence-electron chi connectivity index (χ0n) is 17.1. The van der Waals surface area contributed by atoms with Crippen molar-refractivity contribution < 1.29 is 17.6 Å². The topological polar surface area (TPSA) is 95.2 Å². The summed E-state index contributed by atoms with van der Waals surface area (Å²) in [6.45, 7) is 0. The van der Waals surface area contributed by atoms with Gasteiger partial charge in [-0.15, -0.1) is 0 Å². The van der Waals surface area contributed by atoms with Crippen LogP contribution in [0.15, 0.2) is 60.7 Å². The van der Waals surface area contributed by atoms with Gasteiger partial charge in [0.2, 0.25) is 0 Å². The van der Waals surface area contributed by atoms with Crippen molar-refractivity contribution >= 4 is 32.7 Å². The van der Waals surface area contributed by atoms with Crippen LogP contribution in [0.5, 0.6) is 0 Å². The van der Waals surface area contributed by atoms with Crippen molar-refractivity contribution in [2.24, 2.45) is 0 Å². The average Bonchev–Trinajstić information content (AvgIpc) is 2.87. The van der Waals surface area contributed by atoms with Crippen LogP contribution < -0.4 is 10.4 Å². The summed E-state index contributed by atoms with van der Waals surface area (Å²) in [6.07, 6.45) is 0. The molecule has 0 aliphatic rings. The third kappa shape index (κ3) is 4.26. The summed E-state index contributed by atoms with van der Waals surface area (Å²) in [5.74, 6) is -8.11. The van der Waals surface area contributed by atoms with Crippen molar-refractivity contribution in [3.63, 3.8) is 0 Å². The molecule has 0 heterocycles. The van der Waals surface area contributed by atoms with E-state index in [0.717, 1.165) is 24.3 Å². The molecule has 4 nitrogen and oxygen atoms in total. The number of nitriles is 4. The summed E-state index contributed by atoms with van der Waals surface area (Å²) in [5, 5.41) is 36.2. The fourth-order valence-electron chi connectivity index (χ4n) is 3.23. The predicted octanol–water partition coefficient (Wildman–Crippen LogP) is 4.63. The molecule has 0 bridgehead atoms. The highest BCUT2D eigenvalue weighted by atomic mass is 19.2. The summed E-state index contributed by atoms with van der Waals surface area (Å²) < 4.78 is 54.5. The van der Waals surface area contributed by atoms with Gasteiger partial charge < -0.3 is 0 Å². The van der Waals surface area contributed by atoms with Crippen LogP contribution in [0.4, 0.5) is 17.6 Å². The van der Waals surface area contributed by atoms with Gasteiger partial charge in [0.25, 0.3) is 0 Å². The molecular formula is C26H10F4N4. The quantitative estimate of drug-likeness (QED) is 0.220. The number of hydrogen-bond donors (Lipinski definition) is 0. The Morgan fingerprint density at radius 2 is 0.706 bits per heavy atom. The first kappa shape index (κ1) is 23.5. The molecule has 0 radical (unpaired) electrons. The lowest BCUT2D eigenvalue weighted by molar-refractivity contribution is 0.434. The molecule has 4 aromatic carbocycles. The first-order valence-electron chi connectivity index (χ1n) is 9.46. The highest BCUT2D eigenvalue weighted by molar-refractivity contribution is 5.98. The minimum absolute atomic E-state index is 1.09. The normalized spacial score (nSPS) is 9.65. The standard InChI is InChI=1S/C14H10.C12F4N4/c1-2-6-12-10-14-8-4-3-7-13(14)9-11(12)5-1;13-9-7(5(1-17)2-18)10(14)12(16)8(11(9)15)6(3-19)4-20/h1-10H;. The van der Waals surface area contributed by atoms with E-state index in [1.54, 1.807) is 0 Å². The second-order valence-electron chi connectivity index (χ2n) is 6.75. The molecule has 0 aliphatic carbocycles. The molecule has 0 spiro atoms. The van der Waals surface area contributed by atoms with Crippen LogP contribution in [0.1, 0.15) is 0 Å². The maximum absolute atomic E-state index is 13.6. The second kappa shape index (κ2) is 9.96. The van der Waals surface area contributed by atoms with Gasteiger partial charge in [-0.2, -0.15) is 21.0 Å². The Labute approximate surface area is 190 Å². The van der Waals surface area contributed by atoms with Crippen LogP contribution in [-0.2, 0) is 0 Å². The van der Waals surface area contributed by atoms with Crippen LogP contribution in [0.25, 0.3) is 32.7 Å². The molecule has 4 aromatic rings. The molecule has 0 unspecified atom stereocenters. The van der Waals surface area contributed by atoms with E-state index >= 15 is 0 Å². The third-order valence-corrected chi connectivity index (χ3v) is 4.82. The Kier molecular flexibility index (Phi) is 6.88. The van der Waals surface area contributed by atoms with Crippen LogP contribution >= 0.6 is 0 Å².